The summed E-state index contributed by atoms with van der Waals surface area (Å²) < 4.78 is 162. The van der Waals surface area contributed by atoms with Crippen LogP contribution in [0.4, 0.5) is 23.3 Å². The quantitative estimate of drug-likeness (QED) is 0.0104. The first kappa shape index (κ1) is 119. The molecule has 12 N–H and O–H groups in total. The molecule has 4 unspecified atom stereocenters. The number of aliphatic hydroxyl groups is 4. The summed E-state index contributed by atoms with van der Waals surface area (Å²) in [4.78, 5) is 108. The summed E-state index contributed by atoms with van der Waals surface area (Å²) in [6.45, 7) is 17.2. The molecule has 0 radical (unpaired) electrons. The predicted octanol–water partition coefficient (Wildman–Crippen LogP) is -4.63. The van der Waals surface area contributed by atoms with E-state index in [1.165, 1.54) is 68.9 Å². The van der Waals surface area contributed by atoms with E-state index in [2.05, 4.69) is 59.8 Å². The van der Waals surface area contributed by atoms with E-state index >= 15 is 0 Å². The van der Waals surface area contributed by atoms with E-state index in [0.29, 0.717) is 44.5 Å². The Balaban J connectivity index is 0.00000457. The Labute approximate surface area is 940 Å². The SMILES string of the molecule is CC(C)(C)c1cc2c(OCCOP(=O)([O-])O[C@H]3C[C@H](n4cnc5c(N)ncnc54)O[C@@H]3CO)c(c1)Cc1cc(C(C)(C)C)cc(c1OCCOP(=O)([O-])O[C@H]1C[C@H](n3cnc4c(N)ncnc43)O[C@@H]1CO)Cc1cc(C(C)(C)C)cc(c1OCCOP(=O)([O-])O[C@H]1C[C@H](n3cnc4c(N)ncnc43)O[C@@H]1CO)Cc1cc(C(C)(C)C)cc(c1OCCOP(=O)([O-])O[C@H]1C[C@H](n3cnc4c(N)ncnc43)O[C@@H]1CO)C2.[Na+].[Na+].[Na+].[Na+]. The van der Waals surface area contributed by atoms with E-state index in [1.807, 2.05) is 132 Å². The molecule has 12 heterocycles. The third-order valence-electron chi connectivity index (χ3n) is 25.6. The fourth-order valence-corrected chi connectivity index (χ4v) is 21.9. The van der Waals surface area contributed by atoms with Crippen LogP contribution in [0.1, 0.15) is 200 Å². The van der Waals surface area contributed by atoms with Crippen molar-refractivity contribution in [3.8, 4) is 23.0 Å². The number of imidazole rings is 4. The van der Waals surface area contributed by atoms with Gasteiger partial charge in [-0.25, -0.2) is 59.8 Å². The van der Waals surface area contributed by atoms with Gasteiger partial charge in [-0.15, -0.1) is 0 Å². The molecule has 1 aliphatic carbocycles. The normalized spacial score (nSPS) is 22.4. The molecule has 4 saturated heterocycles. The van der Waals surface area contributed by atoms with Gasteiger partial charge in [-0.05, 0) is 88.4 Å². The van der Waals surface area contributed by atoms with Gasteiger partial charge in [-0.3, -0.25) is 36.5 Å². The Hall–Kier alpha value is -6.40. The van der Waals surface area contributed by atoms with Gasteiger partial charge in [0.25, 0.3) is 31.3 Å². The summed E-state index contributed by atoms with van der Waals surface area (Å²) in [6.07, 6.45) is -3.70. The van der Waals surface area contributed by atoms with Crippen LogP contribution in [0.5, 0.6) is 23.0 Å². The first-order chi connectivity index (χ1) is 68.2. The van der Waals surface area contributed by atoms with Crippen LogP contribution in [0.3, 0.4) is 0 Å². The molecule has 4 aliphatic heterocycles. The minimum atomic E-state index is -5.35. The van der Waals surface area contributed by atoms with Crippen molar-refractivity contribution in [1.82, 2.24) is 78.1 Å². The Morgan fingerprint density at radius 3 is 0.662 bits per heavy atom. The number of ether oxygens (including phenoxy) is 8. The maximum Gasteiger partial charge on any atom is 1.00 e. The van der Waals surface area contributed by atoms with Gasteiger partial charge in [0.2, 0.25) is 0 Å². The van der Waals surface area contributed by atoms with Crippen molar-refractivity contribution in [3.05, 3.63) is 166 Å². The van der Waals surface area contributed by atoms with Crippen LogP contribution in [0, 0.1) is 0 Å². The first-order valence-electron chi connectivity index (χ1n) is 46.7. The number of rotatable bonds is 36. The van der Waals surface area contributed by atoms with E-state index in [-0.39, 0.29) is 261 Å². The molecule has 776 valence electrons. The molecule has 148 heavy (non-hydrogen) atoms. The van der Waals surface area contributed by atoms with Crippen LogP contribution in [-0.4, -0.2) is 227 Å². The molecule has 0 spiro atoms. The first-order valence-corrected chi connectivity index (χ1v) is 52.6. The average Bonchev–Trinajstić information content (AvgIpc) is 1.35. The third kappa shape index (κ3) is 27.3. The smallest absolute Gasteiger partial charge is 0.756 e. The summed E-state index contributed by atoms with van der Waals surface area (Å²) in [6, 6.07) is 15.7. The molecule has 8 bridgehead atoms. The van der Waals surface area contributed by atoms with Gasteiger partial charge in [0, 0.05) is 51.4 Å². The van der Waals surface area contributed by atoms with Crippen LogP contribution in [-0.2, 0) is 121 Å². The Morgan fingerprint density at radius 1 is 0.311 bits per heavy atom. The average molecular weight is 2170 g/mol. The van der Waals surface area contributed by atoms with Gasteiger partial charge in [0.1, 0.15) is 146 Å². The van der Waals surface area contributed by atoms with Gasteiger partial charge in [0.05, 0.1) is 103 Å². The molecule has 0 amide bonds. The van der Waals surface area contributed by atoms with Crippen molar-refractivity contribution < 1.29 is 251 Å². The molecule has 8 aromatic heterocycles. The van der Waals surface area contributed by atoms with E-state index in [4.69, 9.17) is 97.0 Å². The van der Waals surface area contributed by atoms with Crippen LogP contribution >= 0.6 is 31.3 Å². The molecule has 0 saturated carbocycles. The topological polar surface area (TPSA) is 668 Å². The molecule has 4 fully saturated rings. The molecule has 16 atom stereocenters. The number of phosphoric acid groups is 4. The number of anilines is 4. The molecular formula is C92H116N20Na4O28P4. The van der Waals surface area contributed by atoms with Gasteiger partial charge in [0.15, 0.2) is 45.9 Å². The minimum absolute atomic E-state index is 0. The molecule has 17 rings (SSSR count). The number of nitrogen functional groups attached to an aromatic ring is 4. The minimum Gasteiger partial charge on any atom is -0.756 e. The summed E-state index contributed by atoms with van der Waals surface area (Å²) >= 11 is 0. The van der Waals surface area contributed by atoms with Crippen LogP contribution in [0.25, 0.3) is 44.7 Å². The van der Waals surface area contributed by atoms with Gasteiger partial charge in [-0.2, -0.15) is 0 Å². The van der Waals surface area contributed by atoms with E-state index < -0.39 is 206 Å². The number of aliphatic hydroxyl groups excluding tert-OH is 4. The maximum absolute atomic E-state index is 14.4. The zero-order valence-corrected chi connectivity index (χ0v) is 96.7. The summed E-state index contributed by atoms with van der Waals surface area (Å²) in [5, 5.41) is 42.5. The Kier molecular flexibility index (Phi) is 38.9. The van der Waals surface area contributed by atoms with E-state index in [0.717, 1.165) is 22.3 Å². The van der Waals surface area contributed by atoms with Crippen LogP contribution in [0.2, 0.25) is 0 Å². The second-order valence-corrected chi connectivity index (χ2v) is 45.3. The monoisotopic (exact) mass is 2160 g/mol. The maximum atomic E-state index is 14.4. The second kappa shape index (κ2) is 48.5. The largest absolute Gasteiger partial charge is 1.00 e. The Bertz CT molecular complexity index is 6040. The number of phosphoric ester groups is 4. The zero-order valence-electron chi connectivity index (χ0n) is 85.1. The number of hydrogen-bond donors (Lipinski definition) is 8. The van der Waals surface area contributed by atoms with Crippen molar-refractivity contribution in [2.24, 2.45) is 0 Å². The van der Waals surface area contributed by atoms with Crippen molar-refractivity contribution >= 4 is 99.2 Å². The van der Waals surface area contributed by atoms with Gasteiger partial charge < -0.3 is 137 Å². The number of nitrogens with two attached hydrogens (primary N) is 4. The second-order valence-electron chi connectivity index (χ2n) is 39.8. The molecule has 4 aromatic carbocycles. The number of benzene rings is 4. The Morgan fingerprint density at radius 2 is 0.493 bits per heavy atom. The summed E-state index contributed by atoms with van der Waals surface area (Å²) in [5.41, 5.74) is 31.1. The molecule has 12 aromatic rings. The molecular weight excluding hydrogens is 2050 g/mol. The van der Waals surface area contributed by atoms with Crippen LogP contribution < -0.4 is 180 Å². The predicted molar refractivity (Wildman–Crippen MR) is 509 cm³/mol. The number of hydrogen-bond acceptors (Lipinski definition) is 44. The fraction of sp³-hybridized carbons (Fsp3) is 0.522. The molecule has 56 heteroatoms. The fourth-order valence-electron chi connectivity index (χ4n) is 18.2. The van der Waals surface area contributed by atoms with Crippen molar-refractivity contribution in [2.75, 3.05) is 102 Å². The van der Waals surface area contributed by atoms with E-state index in [9.17, 15) is 58.3 Å². The summed E-state index contributed by atoms with van der Waals surface area (Å²) in [5.74, 6) is 1.29. The molecule has 5 aliphatic rings. The van der Waals surface area contributed by atoms with Gasteiger partial charge in [-0.1, -0.05) is 132 Å². The van der Waals surface area contributed by atoms with E-state index in [1.54, 1.807) is 0 Å². The number of fused-ring (bicyclic) bond motifs is 12. The number of nitrogens with zero attached hydrogens (tertiary/aromatic N) is 16. The van der Waals surface area contributed by atoms with Crippen molar-refractivity contribution in [1.29, 1.82) is 0 Å². The van der Waals surface area contributed by atoms with Crippen LogP contribution in [0.15, 0.2) is 99.1 Å². The van der Waals surface area contributed by atoms with Crippen molar-refractivity contribution in [2.45, 2.75) is 230 Å². The zero-order chi connectivity index (χ0) is 103. The molecule has 48 nitrogen and oxygen atoms in total. The standard InChI is InChI=1S/C92H120N20O28P4.4Na/c1-89(2,3)57-25-49-21-51-27-58(90(4,5)6)29-53(78(51)126-14-18-130-142(119,120)138-62-34-70(134-66(62)38-114)110-46-106-74-82(94)98-42-102-86(74)110)23-55-31-60(92(10,11)12)32-56(80(55)128-16-20-132-144(123,124)140-64-36-72(136-68(64)40-116)112-48-108-76-84(96)100-44-104-88(76)112)24-54-30-59(91(7,8)9)28-52(79(54)127-15-19-131-143(121,122)139-63-35-71(135-67(63)39-115)111-47-107-75-83(95)99-43-103-87(75)111)22-50(26-57)77(49)125-13-17-129-141(117,118)137-61-33-69(133-65(61)37-113)109-45-105-73-81(93)97-41-101-85(73)109;;;;/h25-32,41-48,61-72,113-116H,13-24,33-40H2,1-12H3,(H,117,118)(H,119,120)(H,121,122)(H,123,124)(H2,93,97,101)(H2,94,98,102)(H2,95,99,103)(H2,96,100,104);;;;/q;4*+1/p-4/t61-,62-,63-,64-,65+,66+,67+,68+,69+,70+,71+,72+;;;;/m0..../s1. The number of aromatic nitrogens is 16. The van der Waals surface area contributed by atoms with Gasteiger partial charge >= 0.3 is 118 Å². The third-order valence-corrected chi connectivity index (χ3v) is 29.7. The van der Waals surface area contributed by atoms with Crippen molar-refractivity contribution in [3.63, 3.8) is 0 Å². The summed E-state index contributed by atoms with van der Waals surface area (Å²) in [7, 11) is -21.4.